The van der Waals surface area contributed by atoms with Crippen LogP contribution in [0.1, 0.15) is 12.4 Å². The smallest absolute Gasteiger partial charge is 0.120 e. The maximum absolute atomic E-state index is 7.26. The summed E-state index contributed by atoms with van der Waals surface area (Å²) in [5.74, 6) is 0. The molecule has 0 spiro atoms. The molecule has 0 unspecified atom stereocenters. The predicted molar refractivity (Wildman–Crippen MR) is 130 cm³/mol. The zero-order chi connectivity index (χ0) is 26.3. The molecule has 0 aliphatic carbocycles. The van der Waals surface area contributed by atoms with E-state index in [0.29, 0.717) is 0 Å². The van der Waals surface area contributed by atoms with Crippen LogP contribution < -0.4 is 0 Å². The Labute approximate surface area is 214 Å². The summed E-state index contributed by atoms with van der Waals surface area (Å²) in [6.45, 7) is -2.35. The number of rotatable bonds is 1. The zero-order valence-electron chi connectivity index (χ0n) is 22.5. The van der Waals surface area contributed by atoms with E-state index in [1.807, 2.05) is 78.9 Å². The molecule has 0 fully saturated rings. The Balaban J connectivity index is 0.000000156. The first-order chi connectivity index (χ1) is 17.8. The largest absolute Gasteiger partial charge is 0.483 e. The van der Waals surface area contributed by atoms with Gasteiger partial charge in [-0.25, -0.2) is 0 Å². The molecule has 0 atom stereocenters. The second-order valence-electron chi connectivity index (χ2n) is 6.60. The average molecular weight is 612 g/mol. The minimum absolute atomic E-state index is 0. The number of pyridine rings is 2. The maximum Gasteiger partial charge on any atom is 0.120 e. The van der Waals surface area contributed by atoms with Crippen LogP contribution in [0.3, 0.4) is 0 Å². The van der Waals surface area contributed by atoms with Crippen molar-refractivity contribution in [3.05, 3.63) is 133 Å². The summed E-state index contributed by atoms with van der Waals surface area (Å²) in [4.78, 5) is 7.76. The molecule has 33 heavy (non-hydrogen) atoms. The summed E-state index contributed by atoms with van der Waals surface area (Å²) in [5.41, 5.74) is 3.71. The molecule has 165 valence electrons. The van der Waals surface area contributed by atoms with Crippen LogP contribution in [0.15, 0.2) is 120 Å². The van der Waals surface area contributed by atoms with Crippen molar-refractivity contribution >= 4 is 21.9 Å². The molecule has 0 bridgehead atoms. The van der Waals surface area contributed by atoms with Gasteiger partial charge in [-0.2, -0.15) is 18.2 Å². The van der Waals surface area contributed by atoms with Crippen LogP contribution in [0.4, 0.5) is 0 Å². The summed E-state index contributed by atoms with van der Waals surface area (Å²) < 4.78 is 41.0. The van der Waals surface area contributed by atoms with E-state index in [1.165, 1.54) is 0 Å². The molecule has 0 saturated heterocycles. The molecule has 6 rings (SSSR count). The number of nitrogens with zero attached hydrogens (tertiary/aromatic N) is 2. The summed E-state index contributed by atoms with van der Waals surface area (Å²) >= 11 is 0. The minimum Gasteiger partial charge on any atom is -0.483 e. The van der Waals surface area contributed by atoms with E-state index in [2.05, 4.69) is 28.2 Å². The topological polar surface area (TPSA) is 38.9 Å². The van der Waals surface area contributed by atoms with Gasteiger partial charge in [0.05, 0.1) is 2.74 Å². The van der Waals surface area contributed by atoms with E-state index in [-0.39, 0.29) is 37.8 Å². The number of benzene rings is 3. The van der Waals surface area contributed by atoms with Crippen LogP contribution in [0.5, 0.6) is 0 Å². The van der Waals surface area contributed by atoms with Gasteiger partial charge in [0, 0.05) is 48.4 Å². The number of hydrogen-bond acceptors (Lipinski definition) is 3. The van der Waals surface area contributed by atoms with Gasteiger partial charge in [-0.3, -0.25) is 4.98 Å². The van der Waals surface area contributed by atoms with Gasteiger partial charge in [0.25, 0.3) is 0 Å². The normalized spacial score (nSPS) is 12.3. The third kappa shape index (κ3) is 6.69. The number of aryl methyl sites for hydroxylation is 1. The van der Waals surface area contributed by atoms with Gasteiger partial charge in [0.15, 0.2) is 0 Å². The van der Waals surface area contributed by atoms with Gasteiger partial charge in [-0.05, 0) is 41.7 Å². The SMILES string of the molecule is [2H]c1cncc(C([2H])([2H])[2H])c1[2H].[Ir].[c-]1ccc2oc3ccccc3c2c1.[c-]1ccccc1-c1ccccn1. The van der Waals surface area contributed by atoms with E-state index >= 15 is 0 Å². The van der Waals surface area contributed by atoms with Crippen molar-refractivity contribution in [3.8, 4) is 11.3 Å². The van der Waals surface area contributed by atoms with Gasteiger partial charge in [-0.1, -0.05) is 41.8 Å². The first-order valence-corrected chi connectivity index (χ1v) is 9.92. The number of para-hydroxylation sites is 1. The Morgan fingerprint density at radius 1 is 0.879 bits per heavy atom. The molecular formula is C29H22IrN2O-2. The molecule has 4 heteroatoms. The minimum atomic E-state index is -2.35. The molecule has 1 radical (unpaired) electrons. The van der Waals surface area contributed by atoms with Crippen LogP contribution in [-0.4, -0.2) is 9.97 Å². The molecule has 0 aliphatic rings. The van der Waals surface area contributed by atoms with E-state index in [4.69, 9.17) is 11.3 Å². The van der Waals surface area contributed by atoms with E-state index in [1.54, 1.807) is 6.20 Å². The molecule has 3 aromatic heterocycles. The first kappa shape index (κ1) is 17.9. The molecule has 0 aliphatic heterocycles. The summed E-state index contributed by atoms with van der Waals surface area (Å²) in [7, 11) is 0. The fourth-order valence-electron chi connectivity index (χ4n) is 2.98. The second-order valence-corrected chi connectivity index (χ2v) is 6.60. The van der Waals surface area contributed by atoms with Gasteiger partial charge < -0.3 is 9.40 Å². The molecular weight excluding hydrogens is 585 g/mol. The number of fused-ring (bicyclic) bond motifs is 3. The molecule has 3 aromatic carbocycles. The van der Waals surface area contributed by atoms with Crippen LogP contribution in [0, 0.1) is 19.0 Å². The average Bonchev–Trinajstić information content (AvgIpc) is 3.30. The number of furan rings is 1. The van der Waals surface area contributed by atoms with Crippen molar-refractivity contribution in [1.82, 2.24) is 9.97 Å². The van der Waals surface area contributed by atoms with Crippen LogP contribution >= 0.6 is 0 Å². The molecule has 0 amide bonds. The van der Waals surface area contributed by atoms with Gasteiger partial charge in [0.2, 0.25) is 0 Å². The Morgan fingerprint density at radius 2 is 1.73 bits per heavy atom. The summed E-state index contributed by atoms with van der Waals surface area (Å²) in [6.07, 6.45) is 4.04. The van der Waals surface area contributed by atoms with Crippen molar-refractivity contribution in [2.75, 3.05) is 0 Å². The Hall–Kier alpha value is -3.59. The Morgan fingerprint density at radius 3 is 2.52 bits per heavy atom. The van der Waals surface area contributed by atoms with Gasteiger partial charge >= 0.3 is 0 Å². The standard InChI is InChI=1S/C12H7O.C11H8N.C6H7N.Ir/c1-3-7-11-9(5-1)10-6-2-4-8-12(10)13-11;1-2-6-10(7-3-1)11-8-4-5-9-12-11;1-6-3-2-4-7-5-6;/h1,3-8H;1-6,8-9H;2-5H,1H3;/q2*-1;;/i;;1D3,2D,3D;. The molecule has 3 nitrogen and oxygen atoms in total. The number of aromatic nitrogens is 2. The van der Waals surface area contributed by atoms with Crippen LogP contribution in [0.25, 0.3) is 33.2 Å². The van der Waals surface area contributed by atoms with Crippen molar-refractivity contribution in [3.63, 3.8) is 0 Å². The predicted octanol–water partition coefficient (Wildman–Crippen LogP) is 7.32. The van der Waals surface area contributed by atoms with Crippen molar-refractivity contribution in [2.24, 2.45) is 0 Å². The van der Waals surface area contributed by atoms with E-state index < -0.39 is 6.85 Å². The van der Waals surface area contributed by atoms with E-state index in [9.17, 15) is 0 Å². The third-order valence-corrected chi connectivity index (χ3v) is 4.42. The van der Waals surface area contributed by atoms with Crippen molar-refractivity contribution in [2.45, 2.75) is 6.85 Å². The monoisotopic (exact) mass is 612 g/mol. The zero-order valence-corrected chi connectivity index (χ0v) is 19.8. The van der Waals surface area contributed by atoms with Crippen molar-refractivity contribution < 1.29 is 31.4 Å². The summed E-state index contributed by atoms with van der Waals surface area (Å²) in [5, 5.41) is 2.30. The molecule has 3 heterocycles. The van der Waals surface area contributed by atoms with Gasteiger partial charge in [-0.15, -0.1) is 42.0 Å². The Kier molecular flexibility index (Phi) is 6.75. The Bertz CT molecular complexity index is 1500. The quantitative estimate of drug-likeness (QED) is 0.183. The fourth-order valence-corrected chi connectivity index (χ4v) is 2.98. The first-order valence-electron chi connectivity index (χ1n) is 12.4. The van der Waals surface area contributed by atoms with Gasteiger partial charge in [0.1, 0.15) is 5.58 Å². The maximum atomic E-state index is 7.26. The fraction of sp³-hybridized carbons (Fsp3) is 0.0345. The molecule has 6 aromatic rings. The second kappa shape index (κ2) is 12.4. The van der Waals surface area contributed by atoms with Crippen molar-refractivity contribution in [1.29, 1.82) is 0 Å². The number of hydrogen-bond donors (Lipinski definition) is 0. The van der Waals surface area contributed by atoms with E-state index in [0.717, 1.165) is 45.6 Å². The third-order valence-electron chi connectivity index (χ3n) is 4.42. The molecule has 0 N–H and O–H groups in total. The summed E-state index contributed by atoms with van der Waals surface area (Å²) in [6, 6.07) is 33.2. The van der Waals surface area contributed by atoms with Crippen LogP contribution in [-0.2, 0) is 20.1 Å². The molecule has 0 saturated carbocycles. The van der Waals surface area contributed by atoms with Crippen LogP contribution in [0.2, 0.25) is 0 Å².